The molecular formula is C13H16O2. The van der Waals surface area contributed by atoms with Gasteiger partial charge in [-0.3, -0.25) is 0 Å². The maximum Gasteiger partial charge on any atom is 0.0985 e. The molecule has 1 aliphatic rings. The molecule has 15 heavy (non-hydrogen) atoms. The molecule has 0 amide bonds. The Morgan fingerprint density at radius 1 is 1.07 bits per heavy atom. The van der Waals surface area contributed by atoms with Crippen LogP contribution in [0.25, 0.3) is 5.57 Å². The Morgan fingerprint density at radius 3 is 2.53 bits per heavy atom. The fourth-order valence-electron chi connectivity index (χ4n) is 1.97. The first kappa shape index (κ1) is 10.4. The number of benzene rings is 1. The van der Waals surface area contributed by atoms with Crippen LogP contribution in [0.4, 0.5) is 0 Å². The van der Waals surface area contributed by atoms with E-state index in [2.05, 4.69) is 0 Å². The van der Waals surface area contributed by atoms with E-state index in [9.17, 15) is 10.2 Å². The van der Waals surface area contributed by atoms with Crippen LogP contribution in [0.3, 0.4) is 0 Å². The third-order valence-electron chi connectivity index (χ3n) is 2.86. The van der Waals surface area contributed by atoms with Gasteiger partial charge in [-0.1, -0.05) is 30.3 Å². The van der Waals surface area contributed by atoms with Gasteiger partial charge in [-0.25, -0.2) is 0 Å². The Bertz CT molecular complexity index is 343. The zero-order valence-electron chi connectivity index (χ0n) is 8.63. The van der Waals surface area contributed by atoms with Crippen LogP contribution in [0, 0.1) is 0 Å². The lowest BCUT2D eigenvalue weighted by molar-refractivity contribution is 0.0445. The minimum Gasteiger partial charge on any atom is -0.390 e. The number of aliphatic hydroxyl groups excluding tert-OH is 2. The Morgan fingerprint density at radius 2 is 1.80 bits per heavy atom. The summed E-state index contributed by atoms with van der Waals surface area (Å²) >= 11 is 0. The van der Waals surface area contributed by atoms with Gasteiger partial charge in [0.15, 0.2) is 0 Å². The molecule has 0 aromatic heterocycles. The molecule has 0 fully saturated rings. The second-order valence-electron chi connectivity index (χ2n) is 4.01. The highest BCUT2D eigenvalue weighted by Gasteiger charge is 2.18. The van der Waals surface area contributed by atoms with E-state index in [0.29, 0.717) is 6.42 Å². The van der Waals surface area contributed by atoms with Gasteiger partial charge >= 0.3 is 0 Å². The molecule has 0 saturated carbocycles. The average Bonchev–Trinajstić information content (AvgIpc) is 2.43. The molecule has 0 radical (unpaired) electrons. The minimum atomic E-state index is -0.720. The van der Waals surface area contributed by atoms with Gasteiger partial charge in [-0.2, -0.15) is 0 Å². The number of aliphatic hydroxyl groups is 2. The zero-order chi connectivity index (χ0) is 10.7. The van der Waals surface area contributed by atoms with Gasteiger partial charge in [-0.05, 0) is 36.5 Å². The summed E-state index contributed by atoms with van der Waals surface area (Å²) in [4.78, 5) is 0. The van der Waals surface area contributed by atoms with Crippen molar-refractivity contribution in [2.24, 2.45) is 0 Å². The van der Waals surface area contributed by atoms with Crippen LogP contribution in [-0.2, 0) is 0 Å². The predicted molar refractivity (Wildman–Crippen MR) is 60.3 cm³/mol. The molecule has 2 N–H and O–H groups in total. The van der Waals surface area contributed by atoms with Crippen LogP contribution in [0.5, 0.6) is 0 Å². The summed E-state index contributed by atoms with van der Waals surface area (Å²) in [5, 5.41) is 19.2. The van der Waals surface area contributed by atoms with Crippen LogP contribution in [0.1, 0.15) is 24.8 Å². The number of hydrogen-bond donors (Lipinski definition) is 2. The van der Waals surface area contributed by atoms with Crippen LogP contribution >= 0.6 is 0 Å². The predicted octanol–water partition coefficient (Wildman–Crippen LogP) is 1.98. The first-order valence-corrected chi connectivity index (χ1v) is 5.39. The van der Waals surface area contributed by atoms with Crippen molar-refractivity contribution in [3.05, 3.63) is 42.0 Å². The first-order chi connectivity index (χ1) is 7.27. The summed E-state index contributed by atoms with van der Waals surface area (Å²) in [6, 6.07) is 10.0. The highest BCUT2D eigenvalue weighted by molar-refractivity contribution is 5.66. The monoisotopic (exact) mass is 204 g/mol. The minimum absolute atomic E-state index is 0.605. The first-order valence-electron chi connectivity index (χ1n) is 5.39. The van der Waals surface area contributed by atoms with Gasteiger partial charge in [0.2, 0.25) is 0 Å². The van der Waals surface area contributed by atoms with Crippen molar-refractivity contribution in [3.8, 4) is 0 Å². The van der Waals surface area contributed by atoms with Crippen LogP contribution < -0.4 is 0 Å². The molecule has 2 atom stereocenters. The normalized spacial score (nSPS) is 26.9. The van der Waals surface area contributed by atoms with Crippen molar-refractivity contribution >= 4 is 5.57 Å². The molecule has 1 aromatic rings. The number of hydrogen-bond acceptors (Lipinski definition) is 2. The third kappa shape index (κ3) is 2.46. The van der Waals surface area contributed by atoms with Crippen molar-refractivity contribution in [3.63, 3.8) is 0 Å². The van der Waals surface area contributed by atoms with E-state index in [1.165, 1.54) is 0 Å². The fourth-order valence-corrected chi connectivity index (χ4v) is 1.97. The highest BCUT2D eigenvalue weighted by atomic mass is 16.3. The standard InChI is InChI=1S/C13H16O2/c14-12-8-4-7-11(9-13(12)15)10-5-2-1-3-6-10/h1-3,5-6,9,12-15H,4,7-8H2/t12-,13+/m1/s1. The van der Waals surface area contributed by atoms with E-state index in [0.717, 1.165) is 24.0 Å². The van der Waals surface area contributed by atoms with Gasteiger partial charge in [0.05, 0.1) is 12.2 Å². The topological polar surface area (TPSA) is 40.5 Å². The molecule has 80 valence electrons. The van der Waals surface area contributed by atoms with Crippen molar-refractivity contribution in [2.75, 3.05) is 0 Å². The van der Waals surface area contributed by atoms with Gasteiger partial charge < -0.3 is 10.2 Å². The molecule has 0 aliphatic heterocycles. The molecular weight excluding hydrogens is 188 g/mol. The molecule has 0 heterocycles. The van der Waals surface area contributed by atoms with Crippen molar-refractivity contribution in [2.45, 2.75) is 31.5 Å². The van der Waals surface area contributed by atoms with Crippen LogP contribution in [0.2, 0.25) is 0 Å². The molecule has 1 aliphatic carbocycles. The molecule has 1 aromatic carbocycles. The van der Waals surface area contributed by atoms with Crippen molar-refractivity contribution < 1.29 is 10.2 Å². The molecule has 0 saturated heterocycles. The van der Waals surface area contributed by atoms with Gasteiger partial charge in [0.25, 0.3) is 0 Å². The van der Waals surface area contributed by atoms with E-state index in [4.69, 9.17) is 0 Å². The van der Waals surface area contributed by atoms with E-state index in [1.54, 1.807) is 6.08 Å². The summed E-state index contributed by atoms with van der Waals surface area (Å²) in [7, 11) is 0. The molecule has 2 nitrogen and oxygen atoms in total. The summed E-state index contributed by atoms with van der Waals surface area (Å²) in [5.74, 6) is 0. The van der Waals surface area contributed by atoms with E-state index < -0.39 is 12.2 Å². The Hall–Kier alpha value is -1.12. The second kappa shape index (κ2) is 4.60. The lowest BCUT2D eigenvalue weighted by Crippen LogP contribution is -2.22. The smallest absolute Gasteiger partial charge is 0.0985 e. The van der Waals surface area contributed by atoms with Crippen molar-refractivity contribution in [1.82, 2.24) is 0 Å². The van der Waals surface area contributed by atoms with Gasteiger partial charge in [0, 0.05) is 0 Å². The summed E-state index contributed by atoms with van der Waals surface area (Å²) in [6.45, 7) is 0. The fraction of sp³-hybridized carbons (Fsp3) is 0.385. The Balaban J connectivity index is 2.25. The lowest BCUT2D eigenvalue weighted by atomic mass is 10.0. The molecule has 0 spiro atoms. The second-order valence-corrected chi connectivity index (χ2v) is 4.01. The van der Waals surface area contributed by atoms with Crippen molar-refractivity contribution in [1.29, 1.82) is 0 Å². The molecule has 0 bridgehead atoms. The molecule has 2 rings (SSSR count). The third-order valence-corrected chi connectivity index (χ3v) is 2.86. The van der Waals surface area contributed by atoms with Gasteiger partial charge in [0.1, 0.15) is 0 Å². The molecule has 2 heteroatoms. The van der Waals surface area contributed by atoms with Crippen LogP contribution in [-0.4, -0.2) is 22.4 Å². The highest BCUT2D eigenvalue weighted by Crippen LogP contribution is 2.26. The number of rotatable bonds is 1. The summed E-state index contributed by atoms with van der Waals surface area (Å²) in [6.07, 6.45) is 2.99. The quantitative estimate of drug-likeness (QED) is 0.734. The molecule has 0 unspecified atom stereocenters. The SMILES string of the molecule is O[C@@H]1CCCC(c2ccccc2)=C[C@@H]1O. The van der Waals surface area contributed by atoms with Crippen LogP contribution in [0.15, 0.2) is 36.4 Å². The Kier molecular flexibility index (Phi) is 3.19. The largest absolute Gasteiger partial charge is 0.390 e. The van der Waals surface area contributed by atoms with Gasteiger partial charge in [-0.15, -0.1) is 0 Å². The van der Waals surface area contributed by atoms with E-state index in [-0.39, 0.29) is 0 Å². The summed E-state index contributed by atoms with van der Waals surface area (Å²) < 4.78 is 0. The van der Waals surface area contributed by atoms with E-state index >= 15 is 0 Å². The Labute approximate surface area is 89.9 Å². The maximum absolute atomic E-state index is 9.66. The summed E-state index contributed by atoms with van der Waals surface area (Å²) in [5.41, 5.74) is 2.28. The maximum atomic E-state index is 9.66. The van der Waals surface area contributed by atoms with E-state index in [1.807, 2.05) is 30.3 Å². The lowest BCUT2D eigenvalue weighted by Gasteiger charge is -2.11. The average molecular weight is 204 g/mol. The zero-order valence-corrected chi connectivity index (χ0v) is 8.63. The number of allylic oxidation sites excluding steroid dienone is 1.